The molecule has 0 saturated heterocycles. The van der Waals surface area contributed by atoms with Crippen molar-refractivity contribution in [3.8, 4) is 0 Å². The van der Waals surface area contributed by atoms with E-state index in [-0.39, 0.29) is 0 Å². The summed E-state index contributed by atoms with van der Waals surface area (Å²) in [5.41, 5.74) is 1.86. The van der Waals surface area contributed by atoms with Gasteiger partial charge in [0.05, 0.1) is 18.6 Å². The molecule has 1 aliphatic heterocycles. The van der Waals surface area contributed by atoms with Gasteiger partial charge in [0.2, 0.25) is 0 Å². The van der Waals surface area contributed by atoms with Crippen LogP contribution in [0, 0.1) is 5.92 Å². The number of amidine groups is 1. The Morgan fingerprint density at radius 3 is 3.12 bits per heavy atom. The molecule has 1 aromatic rings. The SMILES string of the molecule is CC(C)CC1CN=C(NCc2cncs2)S1. The minimum Gasteiger partial charge on any atom is -0.360 e. The van der Waals surface area contributed by atoms with E-state index in [9.17, 15) is 0 Å². The Morgan fingerprint density at radius 2 is 2.44 bits per heavy atom. The Hall–Kier alpha value is -0.550. The zero-order chi connectivity index (χ0) is 11.4. The molecule has 1 aliphatic rings. The van der Waals surface area contributed by atoms with Crippen LogP contribution in [0.25, 0.3) is 0 Å². The molecule has 88 valence electrons. The summed E-state index contributed by atoms with van der Waals surface area (Å²) in [6.07, 6.45) is 3.16. The zero-order valence-electron chi connectivity index (χ0n) is 9.64. The van der Waals surface area contributed by atoms with Crippen LogP contribution in [0.3, 0.4) is 0 Å². The van der Waals surface area contributed by atoms with Gasteiger partial charge in [0.15, 0.2) is 5.17 Å². The third-order valence-corrected chi connectivity index (χ3v) is 4.30. The molecular weight excluding hydrogens is 238 g/mol. The predicted octanol–water partition coefficient (Wildman–Crippen LogP) is 2.75. The van der Waals surface area contributed by atoms with Gasteiger partial charge in [-0.05, 0) is 12.3 Å². The van der Waals surface area contributed by atoms with Gasteiger partial charge in [0, 0.05) is 16.3 Å². The summed E-state index contributed by atoms with van der Waals surface area (Å²) in [5, 5.41) is 5.14. The van der Waals surface area contributed by atoms with Gasteiger partial charge in [-0.25, -0.2) is 0 Å². The van der Waals surface area contributed by atoms with Crippen LogP contribution in [0.1, 0.15) is 25.1 Å². The largest absolute Gasteiger partial charge is 0.360 e. The van der Waals surface area contributed by atoms with Gasteiger partial charge in [-0.15, -0.1) is 11.3 Å². The van der Waals surface area contributed by atoms with Crippen molar-refractivity contribution in [2.24, 2.45) is 10.9 Å². The number of aliphatic imine (C=N–C) groups is 1. The Bertz CT molecular complexity index is 346. The normalized spacial score (nSPS) is 20.2. The van der Waals surface area contributed by atoms with E-state index in [0.717, 1.165) is 24.2 Å². The molecule has 16 heavy (non-hydrogen) atoms. The fourth-order valence-electron chi connectivity index (χ4n) is 1.66. The first-order valence-corrected chi connectivity index (χ1v) is 7.32. The van der Waals surface area contributed by atoms with E-state index in [1.54, 1.807) is 11.3 Å². The standard InChI is InChI=1S/C11H17N3S2/c1-8(2)3-9-5-13-11(16-9)14-6-10-4-12-7-15-10/h4,7-9H,3,5-6H2,1-2H3,(H,13,14). The lowest BCUT2D eigenvalue weighted by Gasteiger charge is -2.10. The van der Waals surface area contributed by atoms with Gasteiger partial charge in [-0.1, -0.05) is 25.6 Å². The average molecular weight is 255 g/mol. The molecule has 0 aromatic carbocycles. The summed E-state index contributed by atoms with van der Waals surface area (Å²) in [6, 6.07) is 0. The lowest BCUT2D eigenvalue weighted by Crippen LogP contribution is -2.18. The van der Waals surface area contributed by atoms with E-state index in [1.165, 1.54) is 11.3 Å². The smallest absolute Gasteiger partial charge is 0.157 e. The summed E-state index contributed by atoms with van der Waals surface area (Å²) in [5.74, 6) is 0.758. The van der Waals surface area contributed by atoms with Crippen molar-refractivity contribution in [2.45, 2.75) is 32.1 Å². The molecule has 0 bridgehead atoms. The van der Waals surface area contributed by atoms with E-state index < -0.39 is 0 Å². The van der Waals surface area contributed by atoms with Crippen LogP contribution in [-0.4, -0.2) is 21.9 Å². The predicted molar refractivity (Wildman–Crippen MR) is 72.1 cm³/mol. The number of aromatic nitrogens is 1. The van der Waals surface area contributed by atoms with E-state index in [0.29, 0.717) is 5.25 Å². The van der Waals surface area contributed by atoms with Crippen molar-refractivity contribution in [1.82, 2.24) is 10.3 Å². The highest BCUT2D eigenvalue weighted by Crippen LogP contribution is 2.25. The fourth-order valence-corrected chi connectivity index (χ4v) is 3.44. The van der Waals surface area contributed by atoms with Crippen molar-refractivity contribution >= 4 is 28.3 Å². The first-order valence-electron chi connectivity index (χ1n) is 5.56. The number of hydrogen-bond donors (Lipinski definition) is 1. The molecular formula is C11H17N3S2. The minimum atomic E-state index is 0.670. The summed E-state index contributed by atoms with van der Waals surface area (Å²) in [7, 11) is 0. The summed E-state index contributed by atoms with van der Waals surface area (Å²) < 4.78 is 0. The second-order valence-corrected chi connectivity index (χ2v) is 6.60. The molecule has 0 spiro atoms. The highest BCUT2D eigenvalue weighted by Gasteiger charge is 2.20. The molecule has 0 amide bonds. The molecule has 0 saturated carbocycles. The Balaban J connectivity index is 1.72. The lowest BCUT2D eigenvalue weighted by molar-refractivity contribution is 0.575. The van der Waals surface area contributed by atoms with Crippen molar-refractivity contribution in [3.05, 3.63) is 16.6 Å². The molecule has 0 aliphatic carbocycles. The van der Waals surface area contributed by atoms with Crippen LogP contribution in [0.4, 0.5) is 0 Å². The Kier molecular flexibility index (Phi) is 4.23. The third-order valence-electron chi connectivity index (χ3n) is 2.35. The molecule has 0 radical (unpaired) electrons. The van der Waals surface area contributed by atoms with Gasteiger partial charge in [0.1, 0.15) is 0 Å². The van der Waals surface area contributed by atoms with E-state index in [2.05, 4.69) is 29.1 Å². The number of hydrogen-bond acceptors (Lipinski definition) is 5. The maximum Gasteiger partial charge on any atom is 0.157 e. The van der Waals surface area contributed by atoms with Gasteiger partial charge in [-0.2, -0.15) is 0 Å². The molecule has 2 heterocycles. The monoisotopic (exact) mass is 255 g/mol. The lowest BCUT2D eigenvalue weighted by atomic mass is 10.1. The van der Waals surface area contributed by atoms with Crippen LogP contribution in [0.15, 0.2) is 16.7 Å². The third kappa shape index (κ3) is 3.49. The van der Waals surface area contributed by atoms with Crippen molar-refractivity contribution in [3.63, 3.8) is 0 Å². The molecule has 1 unspecified atom stereocenters. The zero-order valence-corrected chi connectivity index (χ0v) is 11.3. The number of thioether (sulfide) groups is 1. The van der Waals surface area contributed by atoms with Gasteiger partial charge in [0.25, 0.3) is 0 Å². The molecule has 1 aromatic heterocycles. The summed E-state index contributed by atoms with van der Waals surface area (Å²) in [6.45, 7) is 6.35. The van der Waals surface area contributed by atoms with Crippen LogP contribution >= 0.6 is 23.1 Å². The Labute approximate surface area is 105 Å². The topological polar surface area (TPSA) is 37.3 Å². The number of rotatable bonds is 4. The molecule has 1 atom stereocenters. The average Bonchev–Trinajstić information content (AvgIpc) is 2.84. The number of nitrogens with zero attached hydrogens (tertiary/aromatic N) is 2. The summed E-state index contributed by atoms with van der Waals surface area (Å²) >= 11 is 3.56. The highest BCUT2D eigenvalue weighted by atomic mass is 32.2. The maximum absolute atomic E-state index is 4.52. The molecule has 1 N–H and O–H groups in total. The fraction of sp³-hybridized carbons (Fsp3) is 0.636. The number of thiazole rings is 1. The quantitative estimate of drug-likeness (QED) is 0.899. The van der Waals surface area contributed by atoms with Crippen LogP contribution in [0.2, 0.25) is 0 Å². The van der Waals surface area contributed by atoms with E-state index in [1.807, 2.05) is 23.5 Å². The van der Waals surface area contributed by atoms with Crippen LogP contribution in [-0.2, 0) is 6.54 Å². The van der Waals surface area contributed by atoms with Gasteiger partial charge in [-0.3, -0.25) is 9.98 Å². The molecule has 3 nitrogen and oxygen atoms in total. The van der Waals surface area contributed by atoms with Crippen LogP contribution in [0.5, 0.6) is 0 Å². The molecule has 5 heteroatoms. The van der Waals surface area contributed by atoms with Crippen molar-refractivity contribution in [1.29, 1.82) is 0 Å². The first kappa shape index (κ1) is 11.9. The van der Waals surface area contributed by atoms with Crippen molar-refractivity contribution in [2.75, 3.05) is 6.54 Å². The van der Waals surface area contributed by atoms with Crippen LogP contribution < -0.4 is 5.32 Å². The highest BCUT2D eigenvalue weighted by molar-refractivity contribution is 8.14. The number of nitrogens with one attached hydrogen (secondary N) is 1. The van der Waals surface area contributed by atoms with E-state index in [4.69, 9.17) is 0 Å². The Morgan fingerprint density at radius 1 is 1.56 bits per heavy atom. The molecule has 0 fully saturated rings. The second kappa shape index (κ2) is 5.68. The molecule has 2 rings (SSSR count). The minimum absolute atomic E-state index is 0.670. The van der Waals surface area contributed by atoms with E-state index >= 15 is 0 Å². The maximum atomic E-state index is 4.52. The first-order chi connectivity index (χ1) is 7.74. The second-order valence-electron chi connectivity index (χ2n) is 4.34. The van der Waals surface area contributed by atoms with Gasteiger partial charge < -0.3 is 5.32 Å². The summed E-state index contributed by atoms with van der Waals surface area (Å²) in [4.78, 5) is 9.84. The van der Waals surface area contributed by atoms with Gasteiger partial charge >= 0.3 is 0 Å². The van der Waals surface area contributed by atoms with Crippen molar-refractivity contribution < 1.29 is 0 Å².